The Morgan fingerprint density at radius 1 is 0.605 bits per heavy atom. The van der Waals surface area contributed by atoms with Crippen molar-refractivity contribution >= 4 is 10.8 Å². The van der Waals surface area contributed by atoms with Crippen LogP contribution in [0.1, 0.15) is 46.2 Å². The molecule has 0 saturated heterocycles. The molecule has 0 aromatic heterocycles. The fourth-order valence-corrected chi connectivity index (χ4v) is 7.05. The largest absolute Gasteiger partial charge is 0.411 e. The first-order chi connectivity index (χ1) is 18.6. The Kier molecular flexibility index (Phi) is 5.11. The summed E-state index contributed by atoms with van der Waals surface area (Å²) in [5.74, 6) is 6.62. The van der Waals surface area contributed by atoms with Gasteiger partial charge in [0.2, 0.25) is 0 Å². The zero-order valence-corrected chi connectivity index (χ0v) is 21.9. The molecule has 186 valence electrons. The van der Waals surface area contributed by atoms with Crippen molar-refractivity contribution in [3.63, 3.8) is 0 Å². The van der Waals surface area contributed by atoms with E-state index in [9.17, 15) is 0 Å². The van der Waals surface area contributed by atoms with Gasteiger partial charge < -0.3 is 4.84 Å². The van der Waals surface area contributed by atoms with Crippen LogP contribution in [0.3, 0.4) is 0 Å². The lowest BCUT2D eigenvalue weighted by Crippen LogP contribution is -2.36. The molecule has 2 N–H and O–H groups in total. The molecule has 0 saturated carbocycles. The van der Waals surface area contributed by atoms with Gasteiger partial charge in [-0.05, 0) is 77.6 Å². The van der Waals surface area contributed by atoms with Crippen LogP contribution in [0.5, 0.6) is 5.75 Å². The van der Waals surface area contributed by atoms with E-state index in [-0.39, 0.29) is 10.8 Å². The summed E-state index contributed by atoms with van der Waals surface area (Å²) >= 11 is 0. The van der Waals surface area contributed by atoms with Crippen LogP contribution in [-0.4, -0.2) is 0 Å². The van der Waals surface area contributed by atoms with Gasteiger partial charge in [0, 0.05) is 16.2 Å². The van der Waals surface area contributed by atoms with Crippen molar-refractivity contribution in [1.82, 2.24) is 0 Å². The number of nitrogens with two attached hydrogens (primary N) is 1. The molecule has 2 aliphatic carbocycles. The molecule has 0 aliphatic heterocycles. The third-order valence-corrected chi connectivity index (χ3v) is 8.93. The fraction of sp³-hybridized carbons (Fsp3) is 0.167. The van der Waals surface area contributed by atoms with Gasteiger partial charge in [-0.15, -0.1) is 0 Å². The molecular formula is C36H31NO. The fourth-order valence-electron chi connectivity index (χ4n) is 7.05. The summed E-state index contributed by atoms with van der Waals surface area (Å²) in [7, 11) is 0. The van der Waals surface area contributed by atoms with Crippen LogP contribution in [0.2, 0.25) is 0 Å². The van der Waals surface area contributed by atoms with Gasteiger partial charge in [0.15, 0.2) is 5.75 Å². The molecule has 2 aliphatic rings. The molecule has 2 nitrogen and oxygen atoms in total. The number of benzene rings is 5. The third kappa shape index (κ3) is 3.17. The second kappa shape index (κ2) is 8.44. The minimum absolute atomic E-state index is 0.179. The minimum Gasteiger partial charge on any atom is -0.411 e. The SMILES string of the molecule is Cc1ccc2c(c1)C1(C=CC(c3ccccc3)(c3ccccc3)CC1)c1cc(ON)c3cc(C)ccc3c1-2. The molecule has 0 fully saturated rings. The van der Waals surface area contributed by atoms with Crippen LogP contribution in [0.4, 0.5) is 0 Å². The van der Waals surface area contributed by atoms with Gasteiger partial charge in [-0.1, -0.05) is 114 Å². The van der Waals surface area contributed by atoms with Gasteiger partial charge in [-0.2, -0.15) is 5.90 Å². The first-order valence-electron chi connectivity index (χ1n) is 13.4. The number of hydrogen-bond donors (Lipinski definition) is 1. The van der Waals surface area contributed by atoms with Crippen molar-refractivity contribution in [2.24, 2.45) is 5.90 Å². The van der Waals surface area contributed by atoms with Crippen molar-refractivity contribution in [2.75, 3.05) is 0 Å². The number of rotatable bonds is 3. The van der Waals surface area contributed by atoms with Gasteiger partial charge in [-0.3, -0.25) is 0 Å². The summed E-state index contributed by atoms with van der Waals surface area (Å²) < 4.78 is 0. The zero-order chi connectivity index (χ0) is 25.9. The maximum Gasteiger partial charge on any atom is 0.155 e. The average molecular weight is 494 g/mol. The van der Waals surface area contributed by atoms with E-state index in [0.29, 0.717) is 0 Å². The monoisotopic (exact) mass is 493 g/mol. The molecule has 0 amide bonds. The van der Waals surface area contributed by atoms with Crippen LogP contribution in [-0.2, 0) is 10.8 Å². The quantitative estimate of drug-likeness (QED) is 0.203. The van der Waals surface area contributed by atoms with Crippen LogP contribution in [0.15, 0.2) is 115 Å². The van der Waals surface area contributed by atoms with E-state index in [4.69, 9.17) is 10.7 Å². The molecule has 0 radical (unpaired) electrons. The Morgan fingerprint density at radius 3 is 1.84 bits per heavy atom. The molecular weight excluding hydrogens is 462 g/mol. The van der Waals surface area contributed by atoms with Crippen LogP contribution in [0, 0.1) is 13.8 Å². The zero-order valence-electron chi connectivity index (χ0n) is 21.9. The average Bonchev–Trinajstić information content (AvgIpc) is 3.22. The van der Waals surface area contributed by atoms with Crippen molar-refractivity contribution in [2.45, 2.75) is 37.5 Å². The van der Waals surface area contributed by atoms with Gasteiger partial charge in [-0.25, -0.2) is 0 Å². The highest BCUT2D eigenvalue weighted by molar-refractivity contribution is 6.06. The molecule has 0 heterocycles. The maximum atomic E-state index is 5.88. The standard InChI is InChI=1S/C36H31NO/c1-24-13-15-28-30(21-24)33(38-37)23-32-34(28)29-16-14-25(2)22-31(29)36(32)19-17-35(18-20-36,26-9-5-3-6-10-26)27-11-7-4-8-12-27/h3-17,19,21-23H,18,20,37H2,1-2H3. The van der Waals surface area contributed by atoms with Crippen LogP contribution < -0.4 is 10.7 Å². The number of allylic oxidation sites excluding steroid dienone is 2. The molecule has 7 rings (SSSR count). The van der Waals surface area contributed by atoms with Crippen molar-refractivity contribution in [3.05, 3.63) is 149 Å². The van der Waals surface area contributed by atoms with Gasteiger partial charge in [0.25, 0.3) is 0 Å². The smallest absolute Gasteiger partial charge is 0.155 e. The van der Waals surface area contributed by atoms with Gasteiger partial charge in [0.05, 0.1) is 0 Å². The molecule has 1 atom stereocenters. The van der Waals surface area contributed by atoms with Crippen molar-refractivity contribution < 1.29 is 4.84 Å². The van der Waals surface area contributed by atoms with E-state index in [1.807, 2.05) is 0 Å². The molecule has 5 aromatic carbocycles. The minimum atomic E-state index is -0.240. The summed E-state index contributed by atoms with van der Waals surface area (Å²) in [4.78, 5) is 5.52. The third-order valence-electron chi connectivity index (χ3n) is 8.93. The van der Waals surface area contributed by atoms with Gasteiger partial charge in [0.1, 0.15) is 0 Å². The Morgan fingerprint density at radius 2 is 1.21 bits per heavy atom. The Balaban J connectivity index is 1.52. The van der Waals surface area contributed by atoms with E-state index in [1.165, 1.54) is 49.9 Å². The van der Waals surface area contributed by atoms with Gasteiger partial charge >= 0.3 is 0 Å². The molecule has 5 aromatic rings. The van der Waals surface area contributed by atoms with Crippen LogP contribution >= 0.6 is 0 Å². The first kappa shape index (κ1) is 23.0. The molecule has 38 heavy (non-hydrogen) atoms. The maximum absolute atomic E-state index is 5.88. The lowest BCUT2D eigenvalue weighted by molar-refractivity contribution is 0.337. The van der Waals surface area contributed by atoms with E-state index in [2.05, 4.69) is 129 Å². The Bertz CT molecular complexity index is 1680. The van der Waals surface area contributed by atoms with Crippen molar-refractivity contribution in [3.8, 4) is 16.9 Å². The molecule has 1 unspecified atom stereocenters. The highest BCUT2D eigenvalue weighted by Crippen LogP contribution is 2.59. The lowest BCUT2D eigenvalue weighted by Gasteiger charge is -2.42. The summed E-state index contributed by atoms with van der Waals surface area (Å²) in [6, 6.07) is 37.6. The normalized spacial score (nSPS) is 18.9. The summed E-state index contributed by atoms with van der Waals surface area (Å²) in [6.07, 6.45) is 6.94. The highest BCUT2D eigenvalue weighted by Gasteiger charge is 2.48. The second-order valence-corrected chi connectivity index (χ2v) is 11.0. The van der Waals surface area contributed by atoms with E-state index in [1.54, 1.807) is 0 Å². The van der Waals surface area contributed by atoms with E-state index < -0.39 is 0 Å². The predicted octanol–water partition coefficient (Wildman–Crippen LogP) is 8.31. The Hall–Kier alpha value is -4.14. The number of aryl methyl sites for hydroxylation is 2. The summed E-state index contributed by atoms with van der Waals surface area (Å²) in [5.41, 5.74) is 10.0. The molecule has 0 bridgehead atoms. The summed E-state index contributed by atoms with van der Waals surface area (Å²) in [6.45, 7) is 4.31. The van der Waals surface area contributed by atoms with E-state index >= 15 is 0 Å². The summed E-state index contributed by atoms with van der Waals surface area (Å²) in [5, 5.41) is 2.27. The van der Waals surface area contributed by atoms with Crippen LogP contribution in [0.25, 0.3) is 21.9 Å². The van der Waals surface area contributed by atoms with Crippen molar-refractivity contribution in [1.29, 1.82) is 0 Å². The number of fused-ring (bicyclic) bond motifs is 7. The van der Waals surface area contributed by atoms with E-state index in [0.717, 1.165) is 24.0 Å². The molecule has 1 spiro atoms. The topological polar surface area (TPSA) is 35.2 Å². The molecule has 2 heteroatoms. The predicted molar refractivity (Wildman–Crippen MR) is 156 cm³/mol. The number of hydrogen-bond acceptors (Lipinski definition) is 2. The second-order valence-electron chi connectivity index (χ2n) is 11.0. The Labute approximate surface area is 224 Å². The highest BCUT2D eigenvalue weighted by atomic mass is 16.6. The first-order valence-corrected chi connectivity index (χ1v) is 13.4. The lowest BCUT2D eigenvalue weighted by atomic mass is 9.60.